The van der Waals surface area contributed by atoms with Gasteiger partial charge >= 0.3 is 142 Å². The molecule has 3 heterocycles. The molecule has 17 heavy (non-hydrogen) atoms. The van der Waals surface area contributed by atoms with E-state index in [1.165, 1.54) is 18.7 Å². The zero-order chi connectivity index (χ0) is 11.8. The Morgan fingerprint density at radius 3 is 1.65 bits per heavy atom. The van der Waals surface area contributed by atoms with Crippen LogP contribution < -0.4 is 0 Å². The third-order valence-corrected chi connectivity index (χ3v) is 12.1. The molecule has 0 aromatic carbocycles. The van der Waals surface area contributed by atoms with Crippen molar-refractivity contribution in [2.45, 2.75) is 0 Å². The van der Waals surface area contributed by atoms with Gasteiger partial charge in [-0.3, -0.25) is 0 Å². The van der Waals surface area contributed by atoms with Gasteiger partial charge in [-0.2, -0.15) is 0 Å². The predicted molar refractivity (Wildman–Crippen MR) is 84.5 cm³/mol. The topological polar surface area (TPSA) is 0 Å². The van der Waals surface area contributed by atoms with E-state index in [0.29, 0.717) is 0 Å². The van der Waals surface area contributed by atoms with Crippen LogP contribution in [0, 0.1) is 0 Å². The fourth-order valence-corrected chi connectivity index (χ4v) is 10.0. The van der Waals surface area contributed by atoms with Crippen LogP contribution in [0.3, 0.4) is 0 Å². The summed E-state index contributed by atoms with van der Waals surface area (Å²) in [5.74, 6) is 0. The standard InChI is InChI=1S/C12H6Br2STe2/c13-9-10(14)12(8-4-2-6-17-8)15-11(9)7-3-1-5-16-7/h1-6H. The first-order chi connectivity index (χ1) is 8.27. The van der Waals surface area contributed by atoms with E-state index in [2.05, 4.69) is 64.3 Å². The van der Waals surface area contributed by atoms with Crippen molar-refractivity contribution < 1.29 is 0 Å². The van der Waals surface area contributed by atoms with Crippen LogP contribution in [0.1, 0.15) is 0 Å². The van der Waals surface area contributed by atoms with Crippen LogP contribution in [0.15, 0.2) is 41.4 Å². The van der Waals surface area contributed by atoms with E-state index in [4.69, 9.17) is 0 Å². The number of rotatable bonds is 2. The van der Waals surface area contributed by atoms with E-state index in [9.17, 15) is 0 Å². The van der Waals surface area contributed by atoms with E-state index in [1.54, 1.807) is 7.16 Å². The molecule has 0 aliphatic carbocycles. The summed E-state index contributed by atoms with van der Waals surface area (Å²) in [5, 5.41) is 0. The minimum absolute atomic E-state index is 0.0925. The second-order valence-electron chi connectivity index (χ2n) is 3.34. The van der Waals surface area contributed by atoms with E-state index in [-0.39, 0.29) is 40.9 Å². The van der Waals surface area contributed by atoms with Crippen LogP contribution in [0.5, 0.6) is 0 Å². The summed E-state index contributed by atoms with van der Waals surface area (Å²) in [7, 11) is 0. The Balaban J connectivity index is 2.18. The molecule has 3 aromatic rings. The van der Waals surface area contributed by atoms with Crippen molar-refractivity contribution in [3.8, 4) is 16.9 Å². The predicted octanol–water partition coefficient (Wildman–Crippen LogP) is 4.72. The van der Waals surface area contributed by atoms with Crippen molar-refractivity contribution in [1.29, 1.82) is 0 Å². The average molecular weight is 597 g/mol. The molecule has 0 saturated carbocycles. The number of hydrogen-bond acceptors (Lipinski definition) is 1. The molecule has 3 aromatic heterocycles. The van der Waals surface area contributed by atoms with Gasteiger partial charge in [0, 0.05) is 0 Å². The molecule has 0 aliphatic rings. The van der Waals surface area contributed by atoms with Crippen LogP contribution in [0.4, 0.5) is 0 Å². The van der Waals surface area contributed by atoms with Crippen LogP contribution in [0.25, 0.3) is 16.9 Å². The summed E-state index contributed by atoms with van der Waals surface area (Å²) < 4.78 is 10.3. The van der Waals surface area contributed by atoms with Gasteiger partial charge in [0.2, 0.25) is 0 Å². The zero-order valence-electron chi connectivity index (χ0n) is 8.44. The summed E-state index contributed by atoms with van der Waals surface area (Å²) in [6.07, 6.45) is 0. The molecule has 0 atom stereocenters. The van der Waals surface area contributed by atoms with Gasteiger partial charge in [0.1, 0.15) is 0 Å². The third-order valence-electron chi connectivity index (χ3n) is 2.29. The number of hydrogen-bond donors (Lipinski definition) is 0. The molecule has 3 rings (SSSR count). The normalized spacial score (nSPS) is 10.9. The Morgan fingerprint density at radius 2 is 1.29 bits per heavy atom. The Bertz CT molecular complexity index is 569. The minimum atomic E-state index is -0.0925. The molecule has 0 spiro atoms. The molecule has 0 N–H and O–H groups in total. The zero-order valence-corrected chi connectivity index (χ0v) is 17.1. The van der Waals surface area contributed by atoms with Crippen LogP contribution in [-0.2, 0) is 0 Å². The van der Waals surface area contributed by atoms with Crippen LogP contribution in [0.2, 0.25) is 0 Å². The molecule has 0 amide bonds. The molecular weight excluding hydrogens is 591 g/mol. The quantitative estimate of drug-likeness (QED) is 0.376. The molecule has 0 nitrogen and oxygen atoms in total. The Labute approximate surface area is 140 Å². The summed E-state index contributed by atoms with van der Waals surface area (Å²) in [4.78, 5) is 2.86. The molecular formula is C12H6Br2STe2. The summed E-state index contributed by atoms with van der Waals surface area (Å²) >= 11 is 9.23. The summed E-state index contributed by atoms with van der Waals surface area (Å²) in [6.45, 7) is 0. The van der Waals surface area contributed by atoms with Crippen molar-refractivity contribution in [3.05, 3.63) is 41.4 Å². The van der Waals surface area contributed by atoms with Gasteiger partial charge in [-0.1, -0.05) is 0 Å². The maximum atomic E-state index is 3.74. The van der Waals surface area contributed by atoms with Crippen LogP contribution in [-0.4, -0.2) is 40.9 Å². The Kier molecular flexibility index (Phi) is 4.41. The SMILES string of the molecule is Brc1c(-c2ccc[te]2)sc(-c2ccc[te]2)c1Br. The van der Waals surface area contributed by atoms with Gasteiger partial charge in [0.15, 0.2) is 0 Å². The molecule has 0 unspecified atom stereocenters. The van der Waals surface area contributed by atoms with Gasteiger partial charge in [-0.15, -0.1) is 0 Å². The van der Waals surface area contributed by atoms with Crippen molar-refractivity contribution in [2.75, 3.05) is 0 Å². The first-order valence-corrected chi connectivity index (χ1v) is 12.3. The van der Waals surface area contributed by atoms with Crippen molar-refractivity contribution in [3.63, 3.8) is 0 Å². The van der Waals surface area contributed by atoms with Crippen molar-refractivity contribution in [2.24, 2.45) is 0 Å². The molecule has 0 fully saturated rings. The van der Waals surface area contributed by atoms with Crippen molar-refractivity contribution >= 4 is 84.1 Å². The maximum absolute atomic E-state index is 3.74. The second kappa shape index (κ2) is 5.68. The average Bonchev–Trinajstić information content (AvgIpc) is 3.02. The van der Waals surface area contributed by atoms with Gasteiger partial charge in [-0.25, -0.2) is 0 Å². The van der Waals surface area contributed by atoms with Gasteiger partial charge in [0.05, 0.1) is 0 Å². The first kappa shape index (κ1) is 13.2. The molecule has 86 valence electrons. The van der Waals surface area contributed by atoms with Gasteiger partial charge < -0.3 is 0 Å². The summed E-state index contributed by atoms with van der Waals surface area (Å²) in [5.41, 5.74) is 0. The molecule has 0 radical (unpaired) electrons. The third kappa shape index (κ3) is 2.59. The van der Waals surface area contributed by atoms with E-state index >= 15 is 0 Å². The second-order valence-corrected chi connectivity index (χ2v) is 11.4. The molecule has 5 heteroatoms. The van der Waals surface area contributed by atoms with E-state index in [0.717, 1.165) is 0 Å². The monoisotopic (exact) mass is 600 g/mol. The van der Waals surface area contributed by atoms with Crippen LogP contribution >= 0.6 is 43.2 Å². The van der Waals surface area contributed by atoms with Crippen molar-refractivity contribution in [1.82, 2.24) is 0 Å². The molecule has 0 saturated heterocycles. The fraction of sp³-hybridized carbons (Fsp3) is 0. The first-order valence-electron chi connectivity index (χ1n) is 4.83. The van der Waals surface area contributed by atoms with Gasteiger partial charge in [0.25, 0.3) is 0 Å². The molecule has 0 aliphatic heterocycles. The van der Waals surface area contributed by atoms with Gasteiger partial charge in [-0.05, 0) is 0 Å². The number of halogens is 2. The Hall–Kier alpha value is 1.20. The fourth-order valence-electron chi connectivity index (χ4n) is 1.52. The Morgan fingerprint density at radius 1 is 0.824 bits per heavy atom. The molecule has 0 bridgehead atoms. The summed E-state index contributed by atoms with van der Waals surface area (Å²) in [6, 6.07) is 8.93. The number of thiophene rings is 1. The van der Waals surface area contributed by atoms with E-state index in [1.807, 2.05) is 11.3 Å². The van der Waals surface area contributed by atoms with E-state index < -0.39 is 0 Å².